The number of hydrogen-bond acceptors (Lipinski definition) is 5. The van der Waals surface area contributed by atoms with Crippen LogP contribution in [0.1, 0.15) is 43.4 Å². The molecule has 5 rings (SSSR count). The minimum Gasteiger partial charge on any atom is -0.339 e. The third kappa shape index (κ3) is 5.18. The molecule has 3 heterocycles. The molecule has 1 aliphatic rings. The summed E-state index contributed by atoms with van der Waals surface area (Å²) in [7, 11) is 1.70. The largest absolute Gasteiger partial charge is 0.339 e. The molecule has 1 unspecified atom stereocenters. The van der Waals surface area contributed by atoms with Gasteiger partial charge in [0.05, 0.1) is 11.9 Å². The number of nitrogens with one attached hydrogen (secondary N) is 1. The standard InChI is InChI=1S/C30H32FN5O/c1-4-20(2)21-5-7-22(8-6-21)23-9-11-24(12-10-23)28-19-36(16-15-33-28)30-34-27(17-29(37)35(30)3)25-13-14-32-18-26(25)31/h5-14,17-18,20,28,33H,4,15-16,19H2,1-3H3/t20?,28-/m1/s1. The molecule has 1 N–H and O–H groups in total. The van der Waals surface area contributed by atoms with E-state index in [4.69, 9.17) is 0 Å². The number of piperazine rings is 1. The third-order valence-electron chi connectivity index (χ3n) is 7.36. The van der Waals surface area contributed by atoms with E-state index < -0.39 is 5.82 Å². The maximum Gasteiger partial charge on any atom is 0.255 e. The molecule has 2 aromatic heterocycles. The first kappa shape index (κ1) is 24.8. The van der Waals surface area contributed by atoms with Crippen LogP contribution < -0.4 is 15.8 Å². The minimum absolute atomic E-state index is 0.0776. The highest BCUT2D eigenvalue weighted by molar-refractivity contribution is 5.64. The molecule has 1 fully saturated rings. The highest BCUT2D eigenvalue weighted by atomic mass is 19.1. The molecule has 1 aliphatic heterocycles. The summed E-state index contributed by atoms with van der Waals surface area (Å²) in [5.41, 5.74) is 5.29. The Kier molecular flexibility index (Phi) is 7.15. The number of nitrogens with zero attached hydrogens (tertiary/aromatic N) is 4. The van der Waals surface area contributed by atoms with Gasteiger partial charge in [0.1, 0.15) is 0 Å². The molecule has 2 aromatic carbocycles. The van der Waals surface area contributed by atoms with Crippen LogP contribution in [0.2, 0.25) is 0 Å². The first-order valence-corrected chi connectivity index (χ1v) is 12.8. The van der Waals surface area contributed by atoms with Crippen molar-refractivity contribution in [2.24, 2.45) is 7.05 Å². The van der Waals surface area contributed by atoms with Crippen molar-refractivity contribution in [3.63, 3.8) is 0 Å². The Labute approximate surface area is 216 Å². The predicted molar refractivity (Wildman–Crippen MR) is 146 cm³/mol. The van der Waals surface area contributed by atoms with Gasteiger partial charge in [0.2, 0.25) is 5.95 Å². The van der Waals surface area contributed by atoms with Gasteiger partial charge in [-0.3, -0.25) is 14.3 Å². The van der Waals surface area contributed by atoms with Crippen LogP contribution in [0.15, 0.2) is 77.9 Å². The van der Waals surface area contributed by atoms with Crippen molar-refractivity contribution >= 4 is 5.95 Å². The van der Waals surface area contributed by atoms with E-state index in [0.29, 0.717) is 30.6 Å². The van der Waals surface area contributed by atoms with E-state index in [9.17, 15) is 9.18 Å². The van der Waals surface area contributed by atoms with Crippen LogP contribution in [-0.4, -0.2) is 34.2 Å². The van der Waals surface area contributed by atoms with E-state index in [1.165, 1.54) is 39.1 Å². The van der Waals surface area contributed by atoms with E-state index in [1.54, 1.807) is 13.1 Å². The summed E-state index contributed by atoms with van der Waals surface area (Å²) < 4.78 is 15.9. The van der Waals surface area contributed by atoms with Gasteiger partial charge in [-0.05, 0) is 40.7 Å². The summed E-state index contributed by atoms with van der Waals surface area (Å²) in [4.78, 5) is 23.3. The van der Waals surface area contributed by atoms with E-state index in [2.05, 4.69) is 82.6 Å². The average Bonchev–Trinajstić information content (AvgIpc) is 2.94. The van der Waals surface area contributed by atoms with Gasteiger partial charge < -0.3 is 10.2 Å². The van der Waals surface area contributed by atoms with Gasteiger partial charge in [0.25, 0.3) is 5.56 Å². The zero-order valence-corrected chi connectivity index (χ0v) is 21.5. The van der Waals surface area contributed by atoms with Crippen molar-refractivity contribution in [2.75, 3.05) is 24.5 Å². The van der Waals surface area contributed by atoms with E-state index >= 15 is 0 Å². The second-order valence-electron chi connectivity index (χ2n) is 9.70. The fourth-order valence-electron chi connectivity index (χ4n) is 4.83. The van der Waals surface area contributed by atoms with Gasteiger partial charge in [-0.15, -0.1) is 0 Å². The topological polar surface area (TPSA) is 63.1 Å². The lowest BCUT2D eigenvalue weighted by molar-refractivity contribution is 0.462. The summed E-state index contributed by atoms with van der Waals surface area (Å²) in [5, 5.41) is 3.59. The van der Waals surface area contributed by atoms with Crippen LogP contribution in [-0.2, 0) is 7.05 Å². The lowest BCUT2D eigenvalue weighted by Crippen LogP contribution is -2.47. The Hall–Kier alpha value is -3.84. The Morgan fingerprint density at radius 3 is 2.46 bits per heavy atom. The molecule has 0 saturated carbocycles. The monoisotopic (exact) mass is 497 g/mol. The number of pyridine rings is 1. The molecule has 7 heteroatoms. The summed E-state index contributed by atoms with van der Waals surface area (Å²) >= 11 is 0. The van der Waals surface area contributed by atoms with E-state index in [0.717, 1.165) is 19.2 Å². The molecular weight excluding hydrogens is 465 g/mol. The Balaban J connectivity index is 1.36. The van der Waals surface area contributed by atoms with Gasteiger partial charge in [0.15, 0.2) is 5.82 Å². The fraction of sp³-hybridized carbons (Fsp3) is 0.300. The number of rotatable bonds is 6. The van der Waals surface area contributed by atoms with Crippen LogP contribution in [0, 0.1) is 5.82 Å². The lowest BCUT2D eigenvalue weighted by Gasteiger charge is -2.35. The van der Waals surface area contributed by atoms with Crippen molar-refractivity contribution in [2.45, 2.75) is 32.2 Å². The molecule has 6 nitrogen and oxygen atoms in total. The number of aromatic nitrogens is 3. The molecule has 190 valence electrons. The van der Waals surface area contributed by atoms with Gasteiger partial charge >= 0.3 is 0 Å². The second kappa shape index (κ2) is 10.6. The number of hydrogen-bond donors (Lipinski definition) is 1. The molecule has 0 aliphatic carbocycles. The summed E-state index contributed by atoms with van der Waals surface area (Å²) in [6.45, 7) is 6.55. The molecule has 0 radical (unpaired) electrons. The molecule has 2 atom stereocenters. The third-order valence-corrected chi connectivity index (χ3v) is 7.36. The number of halogens is 1. The summed E-state index contributed by atoms with van der Waals surface area (Å²) in [5.74, 6) is 0.598. The molecule has 1 saturated heterocycles. The second-order valence-corrected chi connectivity index (χ2v) is 9.70. The van der Waals surface area contributed by atoms with Crippen LogP contribution in [0.3, 0.4) is 0 Å². The highest BCUT2D eigenvalue weighted by Crippen LogP contribution is 2.28. The van der Waals surface area contributed by atoms with Gasteiger partial charge in [-0.25, -0.2) is 9.37 Å². The summed E-state index contributed by atoms with van der Waals surface area (Å²) in [6.07, 6.45) is 3.77. The molecule has 37 heavy (non-hydrogen) atoms. The zero-order valence-electron chi connectivity index (χ0n) is 21.5. The fourth-order valence-corrected chi connectivity index (χ4v) is 4.83. The van der Waals surface area contributed by atoms with Crippen LogP contribution >= 0.6 is 0 Å². The van der Waals surface area contributed by atoms with Crippen LogP contribution in [0.25, 0.3) is 22.4 Å². The Morgan fingerprint density at radius 2 is 1.78 bits per heavy atom. The normalized spacial score (nSPS) is 16.5. The number of anilines is 1. The smallest absolute Gasteiger partial charge is 0.255 e. The van der Waals surface area contributed by atoms with Crippen molar-refractivity contribution in [3.05, 3.63) is 100 Å². The maximum absolute atomic E-state index is 14.4. The Bertz CT molecular complexity index is 1430. The van der Waals surface area contributed by atoms with Crippen molar-refractivity contribution in [1.29, 1.82) is 0 Å². The van der Waals surface area contributed by atoms with Crippen molar-refractivity contribution < 1.29 is 4.39 Å². The van der Waals surface area contributed by atoms with Gasteiger partial charge in [-0.1, -0.05) is 62.4 Å². The first-order valence-electron chi connectivity index (χ1n) is 12.8. The van der Waals surface area contributed by atoms with Crippen LogP contribution in [0.5, 0.6) is 0 Å². The highest BCUT2D eigenvalue weighted by Gasteiger charge is 2.24. The molecule has 0 spiro atoms. The zero-order chi connectivity index (χ0) is 25.9. The van der Waals surface area contributed by atoms with Gasteiger partial charge in [0, 0.05) is 50.6 Å². The first-order chi connectivity index (χ1) is 17.9. The molecule has 0 amide bonds. The van der Waals surface area contributed by atoms with E-state index in [1.807, 2.05) is 0 Å². The quantitative estimate of drug-likeness (QED) is 0.391. The van der Waals surface area contributed by atoms with Gasteiger partial charge in [-0.2, -0.15) is 0 Å². The number of benzene rings is 2. The predicted octanol–water partition coefficient (Wildman–Crippen LogP) is 5.31. The van der Waals surface area contributed by atoms with Crippen molar-refractivity contribution in [3.8, 4) is 22.4 Å². The lowest BCUT2D eigenvalue weighted by atomic mass is 9.95. The Morgan fingerprint density at radius 1 is 1.08 bits per heavy atom. The minimum atomic E-state index is -0.498. The SMILES string of the molecule is CCC(C)c1ccc(-c2ccc([C@H]3CN(c4nc(-c5ccncc5F)cc(=O)n4C)CCN3)cc2)cc1. The molecule has 0 bridgehead atoms. The van der Waals surface area contributed by atoms with Crippen LogP contribution in [0.4, 0.5) is 10.3 Å². The molecular formula is C30H32FN5O. The average molecular weight is 498 g/mol. The van der Waals surface area contributed by atoms with Crippen molar-refractivity contribution in [1.82, 2.24) is 19.9 Å². The molecule has 4 aromatic rings. The summed E-state index contributed by atoms with van der Waals surface area (Å²) in [6, 6.07) is 20.5. The maximum atomic E-state index is 14.4. The van der Waals surface area contributed by atoms with E-state index in [-0.39, 0.29) is 17.2 Å².